The number of benzene rings is 2. The number of nitrogens with zero attached hydrogens (tertiary/aromatic N) is 2. The highest BCUT2D eigenvalue weighted by Gasteiger charge is 2.15. The third-order valence-electron chi connectivity index (χ3n) is 4.37. The maximum absolute atomic E-state index is 5.35. The first kappa shape index (κ1) is 23.2. The Balaban J connectivity index is 0.00000364. The van der Waals surface area contributed by atoms with Gasteiger partial charge in [-0.15, -0.1) is 24.0 Å². The summed E-state index contributed by atoms with van der Waals surface area (Å²) in [6.07, 6.45) is 0. The Labute approximate surface area is 180 Å². The number of likely N-dealkylation sites (N-methyl/N-ethyl adjacent to an activating group) is 1. The first-order valence-corrected chi connectivity index (χ1v) is 8.84. The predicted octanol–water partition coefficient (Wildman–Crippen LogP) is 3.59. The van der Waals surface area contributed by atoms with Crippen molar-refractivity contribution in [2.24, 2.45) is 4.99 Å². The minimum absolute atomic E-state index is 0. The van der Waals surface area contributed by atoms with Crippen LogP contribution in [0.25, 0.3) is 0 Å². The number of rotatable bonds is 7. The lowest BCUT2D eigenvalue weighted by Crippen LogP contribution is -2.41. The third kappa shape index (κ3) is 7.38. The van der Waals surface area contributed by atoms with Crippen molar-refractivity contribution in [2.45, 2.75) is 19.5 Å². The molecular weight excluding hydrogens is 451 g/mol. The molecule has 0 fully saturated rings. The average molecular weight is 482 g/mol. The summed E-state index contributed by atoms with van der Waals surface area (Å²) in [5, 5.41) is 6.79. The average Bonchev–Trinajstić information content (AvgIpc) is 2.65. The van der Waals surface area contributed by atoms with E-state index in [1.165, 1.54) is 16.7 Å². The van der Waals surface area contributed by atoms with Crippen LogP contribution >= 0.6 is 24.0 Å². The molecule has 0 aliphatic heterocycles. The summed E-state index contributed by atoms with van der Waals surface area (Å²) in [7, 11) is 7.64. The lowest BCUT2D eigenvalue weighted by atomic mass is 10.1. The van der Waals surface area contributed by atoms with Crippen molar-refractivity contribution >= 4 is 29.9 Å². The second kappa shape index (κ2) is 11.8. The summed E-state index contributed by atoms with van der Waals surface area (Å²) in [6, 6.07) is 16.9. The molecule has 5 nitrogen and oxygen atoms in total. The van der Waals surface area contributed by atoms with E-state index in [9.17, 15) is 0 Å². The minimum atomic E-state index is 0. The topological polar surface area (TPSA) is 48.9 Å². The van der Waals surface area contributed by atoms with Gasteiger partial charge in [0.1, 0.15) is 5.75 Å². The van der Waals surface area contributed by atoms with Crippen LogP contribution in [0.4, 0.5) is 0 Å². The molecular formula is C21H31IN4O. The van der Waals surface area contributed by atoms with Gasteiger partial charge in [-0.3, -0.25) is 4.99 Å². The highest BCUT2D eigenvalue weighted by Crippen LogP contribution is 2.22. The highest BCUT2D eigenvalue weighted by molar-refractivity contribution is 14.0. The van der Waals surface area contributed by atoms with Crippen LogP contribution < -0.4 is 15.4 Å². The van der Waals surface area contributed by atoms with Gasteiger partial charge in [-0.1, -0.05) is 42.0 Å². The number of ether oxygens (including phenoxy) is 1. The molecule has 0 spiro atoms. The summed E-state index contributed by atoms with van der Waals surface area (Å²) in [4.78, 5) is 6.52. The Kier molecular flexibility index (Phi) is 10.2. The number of halogens is 1. The maximum Gasteiger partial charge on any atom is 0.191 e. The molecule has 0 aliphatic rings. The molecule has 0 saturated heterocycles. The smallest absolute Gasteiger partial charge is 0.191 e. The number of aryl methyl sites for hydroxylation is 1. The van der Waals surface area contributed by atoms with Gasteiger partial charge in [0.05, 0.1) is 13.2 Å². The van der Waals surface area contributed by atoms with E-state index in [1.807, 2.05) is 12.1 Å². The van der Waals surface area contributed by atoms with Crippen molar-refractivity contribution < 1.29 is 4.74 Å². The molecule has 148 valence electrons. The molecule has 0 aromatic heterocycles. The van der Waals surface area contributed by atoms with Gasteiger partial charge in [-0.2, -0.15) is 0 Å². The first-order chi connectivity index (χ1) is 12.5. The molecule has 27 heavy (non-hydrogen) atoms. The summed E-state index contributed by atoms with van der Waals surface area (Å²) < 4.78 is 5.35. The number of nitrogens with one attached hydrogen (secondary N) is 2. The van der Waals surface area contributed by atoms with Crippen LogP contribution in [-0.2, 0) is 6.54 Å². The summed E-state index contributed by atoms with van der Waals surface area (Å²) in [5.74, 6) is 1.66. The molecule has 0 aliphatic carbocycles. The van der Waals surface area contributed by atoms with Crippen LogP contribution in [0.2, 0.25) is 0 Å². The second-order valence-corrected chi connectivity index (χ2v) is 6.55. The largest absolute Gasteiger partial charge is 0.497 e. The quantitative estimate of drug-likeness (QED) is 0.360. The fourth-order valence-corrected chi connectivity index (χ4v) is 2.75. The summed E-state index contributed by atoms with van der Waals surface area (Å²) in [6.45, 7) is 3.58. The number of aliphatic imine (C=N–C) groups is 1. The Morgan fingerprint density at radius 2 is 1.81 bits per heavy atom. The summed E-state index contributed by atoms with van der Waals surface area (Å²) in [5.41, 5.74) is 3.70. The lowest BCUT2D eigenvalue weighted by Gasteiger charge is -2.26. The van der Waals surface area contributed by atoms with Crippen molar-refractivity contribution in [2.75, 3.05) is 34.8 Å². The van der Waals surface area contributed by atoms with Gasteiger partial charge in [0, 0.05) is 20.1 Å². The SMILES string of the molecule is CN=C(NCc1ccc(C)cc1)NCC(c1cccc(OC)c1)N(C)C.I. The van der Waals surface area contributed by atoms with Gasteiger partial charge in [0.15, 0.2) is 5.96 Å². The van der Waals surface area contributed by atoms with Crippen LogP contribution in [0.3, 0.4) is 0 Å². The summed E-state index contributed by atoms with van der Waals surface area (Å²) >= 11 is 0. The van der Waals surface area contributed by atoms with Crippen molar-refractivity contribution in [1.82, 2.24) is 15.5 Å². The second-order valence-electron chi connectivity index (χ2n) is 6.55. The molecule has 0 saturated carbocycles. The van der Waals surface area contributed by atoms with E-state index in [0.717, 1.165) is 24.8 Å². The zero-order chi connectivity index (χ0) is 18.9. The van der Waals surface area contributed by atoms with Crippen molar-refractivity contribution in [3.05, 3.63) is 65.2 Å². The molecule has 0 radical (unpaired) electrons. The molecule has 2 rings (SSSR count). The van der Waals surface area contributed by atoms with E-state index in [4.69, 9.17) is 4.74 Å². The number of methoxy groups -OCH3 is 1. The lowest BCUT2D eigenvalue weighted by molar-refractivity contribution is 0.297. The van der Waals surface area contributed by atoms with Crippen LogP contribution in [0.1, 0.15) is 22.7 Å². The Bertz CT molecular complexity index is 716. The Morgan fingerprint density at radius 1 is 1.11 bits per heavy atom. The molecule has 0 bridgehead atoms. The van der Waals surface area contributed by atoms with Crippen molar-refractivity contribution in [1.29, 1.82) is 0 Å². The van der Waals surface area contributed by atoms with Crippen LogP contribution in [-0.4, -0.2) is 45.7 Å². The normalized spacial score (nSPS) is 12.3. The molecule has 0 amide bonds. The van der Waals surface area contributed by atoms with E-state index in [0.29, 0.717) is 0 Å². The number of hydrogen-bond acceptors (Lipinski definition) is 3. The number of guanidine groups is 1. The van der Waals surface area contributed by atoms with E-state index in [1.54, 1.807) is 14.2 Å². The van der Waals surface area contributed by atoms with Crippen LogP contribution in [0.15, 0.2) is 53.5 Å². The van der Waals surface area contributed by atoms with Crippen molar-refractivity contribution in [3.8, 4) is 5.75 Å². The molecule has 2 aromatic rings. The van der Waals surface area contributed by atoms with E-state index in [-0.39, 0.29) is 30.0 Å². The molecule has 2 N–H and O–H groups in total. The van der Waals surface area contributed by atoms with Gasteiger partial charge < -0.3 is 20.3 Å². The van der Waals surface area contributed by atoms with Gasteiger partial charge in [0.2, 0.25) is 0 Å². The molecule has 1 atom stereocenters. The van der Waals surface area contributed by atoms with Crippen LogP contribution in [0.5, 0.6) is 5.75 Å². The Morgan fingerprint density at radius 3 is 2.41 bits per heavy atom. The highest BCUT2D eigenvalue weighted by atomic mass is 127. The molecule has 0 heterocycles. The van der Waals surface area contributed by atoms with E-state index < -0.39 is 0 Å². The van der Waals surface area contributed by atoms with Gasteiger partial charge in [-0.25, -0.2) is 0 Å². The minimum Gasteiger partial charge on any atom is -0.497 e. The fourth-order valence-electron chi connectivity index (χ4n) is 2.75. The van der Waals surface area contributed by atoms with E-state index >= 15 is 0 Å². The van der Waals surface area contributed by atoms with Gasteiger partial charge >= 0.3 is 0 Å². The monoisotopic (exact) mass is 482 g/mol. The van der Waals surface area contributed by atoms with Gasteiger partial charge in [-0.05, 0) is 44.3 Å². The molecule has 1 unspecified atom stereocenters. The molecule has 6 heteroatoms. The standard InChI is InChI=1S/C21H30N4O.HI/c1-16-9-11-17(12-10-16)14-23-21(22-2)24-15-20(25(3)4)18-7-6-8-19(13-18)26-5;/h6-13,20H,14-15H2,1-5H3,(H2,22,23,24);1H. The van der Waals surface area contributed by atoms with Gasteiger partial charge in [0.25, 0.3) is 0 Å². The maximum atomic E-state index is 5.35. The zero-order valence-corrected chi connectivity index (χ0v) is 19.2. The molecule has 2 aromatic carbocycles. The predicted molar refractivity (Wildman–Crippen MR) is 124 cm³/mol. The first-order valence-electron chi connectivity index (χ1n) is 8.84. The zero-order valence-electron chi connectivity index (χ0n) is 16.8. The van der Waals surface area contributed by atoms with Crippen molar-refractivity contribution in [3.63, 3.8) is 0 Å². The van der Waals surface area contributed by atoms with Crippen LogP contribution in [0, 0.1) is 6.92 Å². The van der Waals surface area contributed by atoms with E-state index in [2.05, 4.69) is 77.9 Å². The third-order valence-corrected chi connectivity index (χ3v) is 4.37. The Hall–Kier alpha value is -1.80. The fraction of sp³-hybridized carbons (Fsp3) is 0.381. The number of hydrogen-bond donors (Lipinski definition) is 2.